The summed E-state index contributed by atoms with van der Waals surface area (Å²) in [5.74, 6) is 0. The van der Waals surface area contributed by atoms with E-state index < -0.39 is 16.1 Å². The number of imidazole rings is 1. The van der Waals surface area contributed by atoms with Crippen LogP contribution in [0.2, 0.25) is 0 Å². The van der Waals surface area contributed by atoms with Gasteiger partial charge in [0.15, 0.2) is 8.07 Å². The van der Waals surface area contributed by atoms with Gasteiger partial charge in [-0.3, -0.25) is 4.98 Å². The first kappa shape index (κ1) is 42.7. The summed E-state index contributed by atoms with van der Waals surface area (Å²) in [7, 11) is -5.98. The fourth-order valence-electron chi connectivity index (χ4n) is 11.6. The predicted molar refractivity (Wildman–Crippen MR) is 291 cm³/mol. The van der Waals surface area contributed by atoms with E-state index in [0.717, 1.165) is 54.5 Å². The van der Waals surface area contributed by atoms with Crippen LogP contribution in [-0.4, -0.2) is 35.1 Å². The molecule has 0 radical (unpaired) electrons. The normalized spacial score (nSPS) is 13.1. The van der Waals surface area contributed by atoms with Crippen molar-refractivity contribution in [2.45, 2.75) is 9.79 Å². The van der Waals surface area contributed by atoms with Crippen molar-refractivity contribution in [3.63, 3.8) is 0 Å². The Morgan fingerprint density at radius 3 is 1.81 bits per heavy atom. The Morgan fingerprint density at radius 2 is 1.07 bits per heavy atom. The molecule has 5 heterocycles. The van der Waals surface area contributed by atoms with Gasteiger partial charge in [-0.2, -0.15) is 23.4 Å². The van der Waals surface area contributed by atoms with Crippen LogP contribution < -0.4 is 41.5 Å². The van der Waals surface area contributed by atoms with Gasteiger partial charge in [-0.1, -0.05) is 187 Å². The molecular weight excluding hydrogens is 995 g/mol. The van der Waals surface area contributed by atoms with Crippen LogP contribution in [0.1, 0.15) is 0 Å². The number of rotatable bonds is 7. The molecule has 0 spiro atoms. The van der Waals surface area contributed by atoms with Crippen LogP contribution in [-0.2, 0) is 20.4 Å². The Kier molecular flexibility index (Phi) is 10.3. The van der Waals surface area contributed by atoms with Crippen molar-refractivity contribution in [2.24, 2.45) is 0 Å². The van der Waals surface area contributed by atoms with E-state index in [0.29, 0.717) is 0 Å². The quantitative estimate of drug-likeness (QED) is 0.0693. The summed E-state index contributed by atoms with van der Waals surface area (Å²) >= 11 is 1.89. The second-order valence-corrected chi connectivity index (χ2v) is 26.4. The predicted octanol–water partition coefficient (Wildman–Crippen LogP) is 8.95. The summed E-state index contributed by atoms with van der Waals surface area (Å²) in [4.78, 5) is 12.8. The molecule has 13 aromatic rings. The summed E-state index contributed by atoms with van der Waals surface area (Å²) in [5.41, 5.74) is 5.01. The first-order chi connectivity index (χ1) is 34.2. The van der Waals surface area contributed by atoms with Gasteiger partial charge >= 0.3 is 20.4 Å². The molecule has 4 aromatic heterocycles. The van der Waals surface area contributed by atoms with Crippen molar-refractivity contribution in [3.05, 3.63) is 255 Å². The summed E-state index contributed by atoms with van der Waals surface area (Å²) in [6, 6.07) is 91.4. The Balaban J connectivity index is 0.00000480. The van der Waals surface area contributed by atoms with Crippen molar-refractivity contribution in [3.8, 4) is 5.69 Å². The third kappa shape index (κ3) is 6.18. The van der Waals surface area contributed by atoms with Gasteiger partial charge in [0.25, 0.3) is 0 Å². The fourth-order valence-corrected chi connectivity index (χ4v) is 23.1. The molecule has 0 fully saturated rings. The Morgan fingerprint density at radius 1 is 0.443 bits per heavy atom. The molecule has 0 N–H and O–H groups in total. The molecule has 0 amide bonds. The maximum absolute atomic E-state index is 5.21. The number of fused-ring (bicyclic) bond motifs is 11. The summed E-state index contributed by atoms with van der Waals surface area (Å²) in [6.45, 7) is 0. The maximum atomic E-state index is 5.21. The van der Waals surface area contributed by atoms with Crippen molar-refractivity contribution >= 4 is 119 Å². The van der Waals surface area contributed by atoms with Crippen LogP contribution >= 0.6 is 11.8 Å². The summed E-state index contributed by atoms with van der Waals surface area (Å²) in [5, 5.41) is 16.0. The topological polar surface area (TPSA) is 35.1 Å². The SMILES string of the molecule is [Pd+2].[c-]1c(-n2c3cc4c(cc3c3cccnc32)[Si](c2ccccc2)(c2ccccc2)c2ccccc2S4)cccc1[Si](c1[c-]c2c(cc1)c1ccccc1n1ccnc21)(c1ccccc1)c1ccccc1. The van der Waals surface area contributed by atoms with Gasteiger partial charge in [0.05, 0.1) is 11.2 Å². The van der Waals surface area contributed by atoms with Crippen LogP contribution in [0.25, 0.3) is 54.9 Å². The monoisotopic (exact) mass is 1030 g/mol. The minimum atomic E-state index is -3.17. The van der Waals surface area contributed by atoms with E-state index in [1.54, 1.807) is 0 Å². The minimum absolute atomic E-state index is 0. The number of aromatic nitrogens is 4. The average molecular weight is 1040 g/mol. The van der Waals surface area contributed by atoms with Crippen LogP contribution in [0.5, 0.6) is 0 Å². The Labute approximate surface area is 425 Å². The van der Waals surface area contributed by atoms with E-state index in [2.05, 4.69) is 252 Å². The van der Waals surface area contributed by atoms with E-state index in [-0.39, 0.29) is 20.4 Å². The van der Waals surface area contributed by atoms with Gasteiger partial charge in [0, 0.05) is 44.7 Å². The van der Waals surface area contributed by atoms with Gasteiger partial charge in [-0.15, -0.1) is 34.8 Å². The molecule has 1 aliphatic rings. The molecule has 9 aromatic carbocycles. The molecule has 332 valence electrons. The van der Waals surface area contributed by atoms with Crippen molar-refractivity contribution < 1.29 is 20.4 Å². The molecule has 1 aliphatic heterocycles. The second kappa shape index (κ2) is 16.9. The average Bonchev–Trinajstić information content (AvgIpc) is 4.05. The van der Waals surface area contributed by atoms with Gasteiger partial charge in [-0.25, -0.2) is 4.98 Å². The molecule has 4 nitrogen and oxygen atoms in total. The number of nitrogens with zero attached hydrogens (tertiary/aromatic N) is 4. The summed E-state index contributed by atoms with van der Waals surface area (Å²) < 4.78 is 4.57. The maximum Gasteiger partial charge on any atom is 2.00 e. The van der Waals surface area contributed by atoms with Gasteiger partial charge in [-0.05, 0) is 66.8 Å². The zero-order chi connectivity index (χ0) is 45.5. The molecule has 0 bridgehead atoms. The minimum Gasteiger partial charge on any atom is -0.340 e. The molecule has 0 aliphatic carbocycles. The zero-order valence-electron chi connectivity index (χ0n) is 37.6. The molecule has 70 heavy (non-hydrogen) atoms. The summed E-state index contributed by atoms with van der Waals surface area (Å²) in [6.07, 6.45) is 5.89. The fraction of sp³-hybridized carbons (Fsp3) is 0. The third-order valence-electron chi connectivity index (χ3n) is 14.5. The van der Waals surface area contributed by atoms with Gasteiger partial charge < -0.3 is 8.97 Å². The largest absolute Gasteiger partial charge is 2.00 e. The third-order valence-corrected chi connectivity index (χ3v) is 25.4. The van der Waals surface area contributed by atoms with Crippen LogP contribution in [0.4, 0.5) is 0 Å². The van der Waals surface area contributed by atoms with E-state index in [1.807, 2.05) is 24.2 Å². The number of para-hydroxylation sites is 1. The van der Waals surface area contributed by atoms with E-state index in [1.165, 1.54) is 51.7 Å². The first-order valence-corrected chi connectivity index (χ1v) is 28.2. The van der Waals surface area contributed by atoms with Gasteiger partial charge in [0.2, 0.25) is 0 Å². The number of benzene rings is 9. The molecule has 8 heteroatoms. The van der Waals surface area contributed by atoms with E-state index in [9.17, 15) is 0 Å². The van der Waals surface area contributed by atoms with Crippen molar-refractivity contribution in [1.29, 1.82) is 0 Å². The Hall–Kier alpha value is -7.41. The molecule has 0 saturated carbocycles. The number of pyridine rings is 2. The number of hydrogen-bond donors (Lipinski definition) is 0. The molecule has 14 rings (SSSR count). The second-order valence-electron chi connectivity index (χ2n) is 17.9. The van der Waals surface area contributed by atoms with Crippen molar-refractivity contribution in [1.82, 2.24) is 18.9 Å². The molecule has 0 atom stereocenters. The molecular formula is C62H40N4PdSSi2. The number of hydrogen-bond acceptors (Lipinski definition) is 3. The van der Waals surface area contributed by atoms with Crippen LogP contribution in [0.3, 0.4) is 0 Å². The molecule has 0 unspecified atom stereocenters. The van der Waals surface area contributed by atoms with Crippen LogP contribution in [0.15, 0.2) is 253 Å². The van der Waals surface area contributed by atoms with E-state index in [4.69, 9.17) is 9.97 Å². The zero-order valence-corrected chi connectivity index (χ0v) is 42.0. The Bertz CT molecular complexity index is 4040. The van der Waals surface area contributed by atoms with E-state index >= 15 is 0 Å². The smallest absolute Gasteiger partial charge is 0.340 e. The standard InChI is InChI=1S/C62H40N4SSi2.Pd/c1-5-20-44(21-6-1)68(45-22-7-2-8-23-45,49-34-35-50-51-29-13-14-31-55(51)65-38-37-64-61(65)54(50)40-49)48-28-17-19-43(39-48)66-56-42-58-60(41-53(56)52-30-18-36-63-62(52)66)69(46-24-9-3-10-25-46,47-26-11-4-12-27-47)59-33-16-15-32-57(59)67-58;/h1-38,41-42H;/q-2;+2. The van der Waals surface area contributed by atoms with Crippen molar-refractivity contribution in [2.75, 3.05) is 0 Å². The first-order valence-electron chi connectivity index (χ1n) is 23.4. The van der Waals surface area contributed by atoms with Gasteiger partial charge in [0.1, 0.15) is 13.7 Å². The molecule has 0 saturated heterocycles. The van der Waals surface area contributed by atoms with Crippen LogP contribution in [0, 0.1) is 12.1 Å².